The summed E-state index contributed by atoms with van der Waals surface area (Å²) < 4.78 is 30.0. The molecule has 0 heterocycles. The van der Waals surface area contributed by atoms with Gasteiger partial charge >= 0.3 is 0 Å². The predicted octanol–water partition coefficient (Wildman–Crippen LogP) is 7.06. The molecule has 0 bridgehead atoms. The molecule has 0 radical (unpaired) electrons. The van der Waals surface area contributed by atoms with E-state index in [-0.39, 0.29) is 27.0 Å². The van der Waals surface area contributed by atoms with E-state index in [2.05, 4.69) is 96.7 Å². The Bertz CT molecular complexity index is 762. The Morgan fingerprint density at radius 3 is 1.76 bits per heavy atom. The predicted molar refractivity (Wildman–Crippen MR) is 150 cm³/mol. The lowest BCUT2D eigenvalue weighted by molar-refractivity contribution is 0.0823. The van der Waals surface area contributed by atoms with Gasteiger partial charge in [0.05, 0.1) is 34.5 Å². The van der Waals surface area contributed by atoms with Gasteiger partial charge in [-0.2, -0.15) is 0 Å². The molecule has 0 saturated carbocycles. The van der Waals surface area contributed by atoms with Gasteiger partial charge in [-0.05, 0) is 69.0 Å². The first-order chi connectivity index (χ1) is 14.7. The van der Waals surface area contributed by atoms with E-state index in [4.69, 9.17) is 8.85 Å². The molecule has 192 valence electrons. The fraction of sp³-hybridized carbons (Fsp3) is 0.769. The lowest BCUT2D eigenvalue weighted by Crippen LogP contribution is -2.56. The molecule has 0 aliphatic rings. The first kappa shape index (κ1) is 30.7. The van der Waals surface area contributed by atoms with Crippen LogP contribution >= 0.6 is 0 Å². The van der Waals surface area contributed by atoms with Gasteiger partial charge in [0.1, 0.15) is 0 Å². The van der Waals surface area contributed by atoms with Gasteiger partial charge in [0.25, 0.3) is 0 Å². The first-order valence-corrected chi connectivity index (χ1v) is 19.2. The summed E-state index contributed by atoms with van der Waals surface area (Å²) in [7, 11) is -5.27. The van der Waals surface area contributed by atoms with Crippen LogP contribution in [-0.4, -0.2) is 44.3 Å². The molecule has 0 spiro atoms. The van der Waals surface area contributed by atoms with Crippen LogP contribution in [0.5, 0.6) is 0 Å². The van der Waals surface area contributed by atoms with E-state index in [9.17, 15) is 4.21 Å². The van der Waals surface area contributed by atoms with Crippen molar-refractivity contribution < 1.29 is 13.1 Å². The zero-order valence-corrected chi connectivity index (χ0v) is 26.4. The molecule has 0 saturated heterocycles. The van der Waals surface area contributed by atoms with Crippen LogP contribution in [0.15, 0.2) is 30.3 Å². The van der Waals surface area contributed by atoms with Gasteiger partial charge in [-0.25, -0.2) is 8.93 Å². The Hall–Kier alpha value is -0.316. The van der Waals surface area contributed by atoms with Crippen LogP contribution in [0.2, 0.25) is 36.3 Å². The highest BCUT2D eigenvalue weighted by Gasteiger charge is 2.43. The van der Waals surface area contributed by atoms with E-state index in [0.29, 0.717) is 6.61 Å². The third-order valence-electron chi connectivity index (χ3n) is 7.23. The summed E-state index contributed by atoms with van der Waals surface area (Å²) in [6.45, 7) is 29.2. The maximum absolute atomic E-state index is 13.2. The van der Waals surface area contributed by atoms with Gasteiger partial charge in [0, 0.05) is 0 Å². The second-order valence-electron chi connectivity index (χ2n) is 13.3. The SMILES string of the molecule is CC(C)(C)[S@](=O)N[C@@H](Cc1ccccc1)[C@@H](CO[Si](C)(C)C(C)(C)C)O[Si](C)(C)C(C)(C)C. The van der Waals surface area contributed by atoms with Crippen LogP contribution < -0.4 is 4.72 Å². The molecule has 0 aliphatic carbocycles. The van der Waals surface area contributed by atoms with Crippen LogP contribution in [-0.2, 0) is 26.3 Å². The third kappa shape index (κ3) is 9.34. The van der Waals surface area contributed by atoms with Crippen molar-refractivity contribution in [3.05, 3.63) is 35.9 Å². The minimum atomic E-state index is -2.09. The highest BCUT2D eigenvalue weighted by molar-refractivity contribution is 7.84. The molecule has 1 aromatic carbocycles. The summed E-state index contributed by atoms with van der Waals surface area (Å²) in [6.07, 6.45) is 0.550. The number of hydrogen-bond donors (Lipinski definition) is 1. The van der Waals surface area contributed by atoms with Gasteiger partial charge in [-0.3, -0.25) is 0 Å². The molecule has 0 amide bonds. The second-order valence-corrected chi connectivity index (χ2v) is 24.8. The minimum absolute atomic E-state index is 0.0721. The molecule has 0 aromatic heterocycles. The lowest BCUT2D eigenvalue weighted by Gasteiger charge is -2.44. The maximum Gasteiger partial charge on any atom is 0.192 e. The van der Waals surface area contributed by atoms with Crippen LogP contribution in [0.3, 0.4) is 0 Å². The Morgan fingerprint density at radius 2 is 1.33 bits per heavy atom. The van der Waals surface area contributed by atoms with Gasteiger partial charge < -0.3 is 8.85 Å². The van der Waals surface area contributed by atoms with Crippen LogP contribution in [0.4, 0.5) is 0 Å². The maximum atomic E-state index is 13.2. The summed E-state index contributed by atoms with van der Waals surface area (Å²) in [4.78, 5) is 0. The van der Waals surface area contributed by atoms with Gasteiger partial charge in [-0.15, -0.1) is 0 Å². The summed E-state index contributed by atoms with van der Waals surface area (Å²) >= 11 is 0. The Balaban J connectivity index is 3.37. The zero-order chi connectivity index (χ0) is 25.9. The fourth-order valence-electron chi connectivity index (χ4n) is 2.73. The number of hydrogen-bond acceptors (Lipinski definition) is 3. The Kier molecular flexibility index (Phi) is 10.4. The molecular formula is C26H51NO3SSi2. The molecule has 0 fully saturated rings. The average molecular weight is 514 g/mol. The molecular weight excluding hydrogens is 463 g/mol. The summed E-state index contributed by atoms with van der Waals surface area (Å²) in [5.74, 6) is 0. The number of nitrogens with one attached hydrogen (secondary N) is 1. The highest BCUT2D eigenvalue weighted by atomic mass is 32.2. The molecule has 1 N–H and O–H groups in total. The molecule has 1 aromatic rings. The fourth-order valence-corrected chi connectivity index (χ4v) is 5.95. The molecule has 7 heteroatoms. The summed E-state index contributed by atoms with van der Waals surface area (Å²) in [5.41, 5.74) is 1.21. The molecule has 3 atom stereocenters. The van der Waals surface area contributed by atoms with Crippen molar-refractivity contribution in [1.29, 1.82) is 0 Å². The summed E-state index contributed by atoms with van der Waals surface area (Å²) in [6, 6.07) is 10.3. The van der Waals surface area contributed by atoms with Crippen molar-refractivity contribution >= 4 is 27.6 Å². The molecule has 33 heavy (non-hydrogen) atoms. The van der Waals surface area contributed by atoms with E-state index in [1.807, 2.05) is 26.8 Å². The zero-order valence-electron chi connectivity index (χ0n) is 23.6. The van der Waals surface area contributed by atoms with Gasteiger partial charge in [0.15, 0.2) is 16.6 Å². The normalized spacial score (nSPS) is 17.0. The van der Waals surface area contributed by atoms with Crippen LogP contribution in [0, 0.1) is 0 Å². The molecule has 1 rings (SSSR count). The van der Waals surface area contributed by atoms with E-state index in [0.717, 1.165) is 6.42 Å². The van der Waals surface area contributed by atoms with E-state index < -0.39 is 27.6 Å². The number of rotatable bonds is 10. The monoisotopic (exact) mass is 513 g/mol. The Labute approximate surface area is 209 Å². The van der Waals surface area contributed by atoms with E-state index in [1.165, 1.54) is 5.56 Å². The lowest BCUT2D eigenvalue weighted by atomic mass is 10.0. The van der Waals surface area contributed by atoms with Crippen molar-refractivity contribution in [2.75, 3.05) is 6.61 Å². The first-order valence-electron chi connectivity index (χ1n) is 12.2. The van der Waals surface area contributed by atoms with Gasteiger partial charge in [0.2, 0.25) is 0 Å². The van der Waals surface area contributed by atoms with Crippen molar-refractivity contribution in [3.63, 3.8) is 0 Å². The average Bonchev–Trinajstić information content (AvgIpc) is 2.62. The van der Waals surface area contributed by atoms with Gasteiger partial charge in [-0.1, -0.05) is 71.9 Å². The largest absolute Gasteiger partial charge is 0.414 e. The van der Waals surface area contributed by atoms with Crippen LogP contribution in [0.25, 0.3) is 0 Å². The quantitative estimate of drug-likeness (QED) is 0.341. The van der Waals surface area contributed by atoms with Crippen LogP contribution in [0.1, 0.15) is 67.9 Å². The third-order valence-corrected chi connectivity index (χ3v) is 17.9. The highest BCUT2D eigenvalue weighted by Crippen LogP contribution is 2.39. The van der Waals surface area contributed by atoms with E-state index in [1.54, 1.807) is 0 Å². The Morgan fingerprint density at radius 1 is 0.848 bits per heavy atom. The topological polar surface area (TPSA) is 47.6 Å². The van der Waals surface area contributed by atoms with E-state index >= 15 is 0 Å². The minimum Gasteiger partial charge on any atom is -0.414 e. The summed E-state index contributed by atoms with van der Waals surface area (Å²) in [5, 5.41) is 0.188. The van der Waals surface area contributed by atoms with Crippen molar-refractivity contribution in [2.45, 2.75) is 122 Å². The second kappa shape index (κ2) is 11.2. The standard InChI is InChI=1S/C26H51NO3SSi2/c1-24(2,3)31(28)27-22(19-21-17-15-14-16-18-21)23(30-33(12,13)26(7,8)9)20-29-32(10,11)25(4,5)6/h14-18,22-23,27H,19-20H2,1-13H3/t22-,23+,31-/m0/s1. The molecule has 4 nitrogen and oxygen atoms in total. The smallest absolute Gasteiger partial charge is 0.192 e. The van der Waals surface area contributed by atoms with Crippen molar-refractivity contribution in [3.8, 4) is 0 Å². The number of benzene rings is 1. The molecule has 0 unspecified atom stereocenters. The van der Waals surface area contributed by atoms with Crippen molar-refractivity contribution in [1.82, 2.24) is 4.72 Å². The molecule has 0 aliphatic heterocycles. The van der Waals surface area contributed by atoms with Crippen molar-refractivity contribution in [2.24, 2.45) is 0 Å².